The third kappa shape index (κ3) is 5.36. The van der Waals surface area contributed by atoms with Gasteiger partial charge in [-0.25, -0.2) is 0 Å². The number of halogens is 3. The molecular formula is C25H27F3N4O4. The Hall–Kier alpha value is -3.44. The molecule has 0 aliphatic heterocycles. The van der Waals surface area contributed by atoms with Crippen LogP contribution in [-0.4, -0.2) is 59.3 Å². The minimum atomic E-state index is -4.57. The molecule has 36 heavy (non-hydrogen) atoms. The Morgan fingerprint density at radius 1 is 1.28 bits per heavy atom. The second-order valence-electron chi connectivity index (χ2n) is 8.84. The van der Waals surface area contributed by atoms with Gasteiger partial charge in [-0.3, -0.25) is 4.79 Å². The minimum Gasteiger partial charge on any atom is -0.396 e. The van der Waals surface area contributed by atoms with Crippen molar-refractivity contribution in [1.82, 2.24) is 9.55 Å². The Balaban J connectivity index is 1.69. The van der Waals surface area contributed by atoms with Gasteiger partial charge in [0.1, 0.15) is 12.9 Å². The van der Waals surface area contributed by atoms with Crippen molar-refractivity contribution < 1.29 is 32.6 Å². The number of carbonyl (C=O) groups excluding carboxylic acids is 2. The average Bonchev–Trinajstić information content (AvgIpc) is 3.57. The highest BCUT2D eigenvalue weighted by atomic mass is 19.4. The number of benzene rings is 2. The number of hydrogen-bond acceptors (Lipinski definition) is 5. The van der Waals surface area contributed by atoms with E-state index in [-0.39, 0.29) is 29.9 Å². The summed E-state index contributed by atoms with van der Waals surface area (Å²) in [6.07, 6.45) is -1.60. The number of nitrogens with one attached hydrogen (secondary N) is 1. The molecule has 2 N–H and O–H groups in total. The lowest BCUT2D eigenvalue weighted by molar-refractivity contribution is -0.137. The monoisotopic (exact) mass is 504 g/mol. The minimum absolute atomic E-state index is 0.0425. The topological polar surface area (TPSA) is 99.9 Å². The lowest BCUT2D eigenvalue weighted by Crippen LogP contribution is -2.38. The maximum atomic E-state index is 13.1. The number of anilines is 1. The third-order valence-electron chi connectivity index (χ3n) is 6.44. The number of aliphatic hydroxyl groups is 1. The summed E-state index contributed by atoms with van der Waals surface area (Å²) in [6, 6.07) is 9.83. The number of aryl methyl sites for hydroxylation is 1. The molecule has 192 valence electrons. The zero-order valence-electron chi connectivity index (χ0n) is 19.7. The highest BCUT2D eigenvalue weighted by Crippen LogP contribution is 2.43. The lowest BCUT2D eigenvalue weighted by atomic mass is 10.1. The predicted molar refractivity (Wildman–Crippen MR) is 127 cm³/mol. The SMILES string of the molecule is CN(c1ccc2c(c1)[nH]/c(=N\C(=O)c1cccc(C(F)(F)F)c1)n2CCCO)C1(COCC=O)CC1. The number of alkyl halides is 3. The normalized spacial score (nSPS) is 15.3. The molecule has 0 atom stereocenters. The van der Waals surface area contributed by atoms with Crippen LogP contribution in [0.15, 0.2) is 47.5 Å². The Bertz CT molecular complexity index is 1320. The summed E-state index contributed by atoms with van der Waals surface area (Å²) in [5.41, 5.74) is 1.19. The summed E-state index contributed by atoms with van der Waals surface area (Å²) in [5, 5.41) is 9.33. The molecule has 4 rings (SSSR count). The van der Waals surface area contributed by atoms with E-state index in [1.807, 2.05) is 25.2 Å². The summed E-state index contributed by atoms with van der Waals surface area (Å²) in [6.45, 7) is 0.739. The largest absolute Gasteiger partial charge is 0.416 e. The number of amides is 1. The van der Waals surface area contributed by atoms with E-state index in [1.54, 1.807) is 4.57 Å². The Labute approximate surface area is 205 Å². The van der Waals surface area contributed by atoms with Crippen LogP contribution in [0.3, 0.4) is 0 Å². The van der Waals surface area contributed by atoms with Crippen LogP contribution >= 0.6 is 0 Å². The molecule has 2 aromatic carbocycles. The molecule has 1 amide bonds. The second kappa shape index (κ2) is 10.3. The molecule has 1 heterocycles. The molecule has 0 radical (unpaired) electrons. The van der Waals surface area contributed by atoms with Crippen LogP contribution in [0.2, 0.25) is 0 Å². The van der Waals surface area contributed by atoms with Crippen LogP contribution < -0.4 is 10.5 Å². The Kier molecular flexibility index (Phi) is 7.32. The molecule has 8 nitrogen and oxygen atoms in total. The van der Waals surface area contributed by atoms with Crippen LogP contribution in [0.25, 0.3) is 11.0 Å². The van der Waals surface area contributed by atoms with Crippen LogP contribution in [0.4, 0.5) is 18.9 Å². The quantitative estimate of drug-likeness (QED) is 0.326. The van der Waals surface area contributed by atoms with Crippen molar-refractivity contribution in [3.05, 3.63) is 59.2 Å². The number of carbonyl (C=O) groups is 2. The standard InChI is InChI=1S/C25H27F3N4O4/c1-31(24(8-9-24)16-36-13-12-34)19-6-7-21-20(15-19)29-23(32(21)10-3-11-33)30-22(35)17-4-2-5-18(14-17)25(26,27)28/h2,4-7,12,14-15,33H,3,8-11,13,16H2,1H3,(H,29,30,35). The van der Waals surface area contributed by atoms with E-state index in [0.29, 0.717) is 25.1 Å². The Morgan fingerprint density at radius 2 is 2.06 bits per heavy atom. The number of hydrogen-bond donors (Lipinski definition) is 2. The van der Waals surface area contributed by atoms with E-state index < -0.39 is 17.6 Å². The number of likely N-dealkylation sites (N-methyl/N-ethyl adjacent to an activating group) is 1. The van der Waals surface area contributed by atoms with Gasteiger partial charge in [0.2, 0.25) is 5.62 Å². The predicted octanol–water partition coefficient (Wildman–Crippen LogP) is 3.30. The van der Waals surface area contributed by atoms with Gasteiger partial charge >= 0.3 is 6.18 Å². The van der Waals surface area contributed by atoms with Gasteiger partial charge in [-0.1, -0.05) is 6.07 Å². The number of aldehydes is 1. The van der Waals surface area contributed by atoms with Gasteiger partial charge in [0.05, 0.1) is 28.7 Å². The first-order chi connectivity index (χ1) is 17.2. The summed E-state index contributed by atoms with van der Waals surface area (Å²) in [5.74, 6) is -0.813. The number of rotatable bonds is 10. The summed E-state index contributed by atoms with van der Waals surface area (Å²) >= 11 is 0. The van der Waals surface area contributed by atoms with Gasteiger partial charge in [-0.15, -0.1) is 0 Å². The van der Waals surface area contributed by atoms with Gasteiger partial charge in [-0.2, -0.15) is 18.2 Å². The first-order valence-electron chi connectivity index (χ1n) is 11.5. The second-order valence-corrected chi connectivity index (χ2v) is 8.84. The number of aromatic nitrogens is 2. The highest BCUT2D eigenvalue weighted by molar-refractivity contribution is 5.95. The molecule has 1 aliphatic rings. The number of imidazole rings is 1. The fourth-order valence-corrected chi connectivity index (χ4v) is 4.19. The highest BCUT2D eigenvalue weighted by Gasteiger charge is 2.47. The fraction of sp³-hybridized carbons (Fsp3) is 0.400. The summed E-state index contributed by atoms with van der Waals surface area (Å²) in [7, 11) is 1.95. The van der Waals surface area contributed by atoms with Gasteiger partial charge in [0.15, 0.2) is 0 Å². The van der Waals surface area contributed by atoms with Crippen molar-refractivity contribution in [3.8, 4) is 0 Å². The number of fused-ring (bicyclic) bond motifs is 1. The van der Waals surface area contributed by atoms with Crippen molar-refractivity contribution in [2.75, 3.05) is 31.8 Å². The lowest BCUT2D eigenvalue weighted by Gasteiger charge is -2.30. The van der Waals surface area contributed by atoms with Crippen LogP contribution in [0, 0.1) is 0 Å². The zero-order valence-corrected chi connectivity index (χ0v) is 19.7. The van der Waals surface area contributed by atoms with Crippen LogP contribution in [0.1, 0.15) is 35.2 Å². The molecule has 1 aliphatic carbocycles. The first-order valence-corrected chi connectivity index (χ1v) is 11.5. The Morgan fingerprint density at radius 3 is 2.72 bits per heavy atom. The average molecular weight is 505 g/mol. The van der Waals surface area contributed by atoms with Gasteiger partial charge in [-0.05, 0) is 55.7 Å². The van der Waals surface area contributed by atoms with Gasteiger partial charge in [0.25, 0.3) is 5.91 Å². The van der Waals surface area contributed by atoms with Crippen molar-refractivity contribution in [2.24, 2.45) is 4.99 Å². The summed E-state index contributed by atoms with van der Waals surface area (Å²) < 4.78 is 46.4. The molecule has 3 aromatic rings. The fourth-order valence-electron chi connectivity index (χ4n) is 4.19. The van der Waals surface area contributed by atoms with Gasteiger partial charge in [0, 0.05) is 31.5 Å². The molecular weight excluding hydrogens is 477 g/mol. The maximum Gasteiger partial charge on any atom is 0.416 e. The molecule has 0 saturated heterocycles. The van der Waals surface area contributed by atoms with Crippen molar-refractivity contribution in [2.45, 2.75) is 37.5 Å². The molecule has 0 bridgehead atoms. The molecule has 1 aromatic heterocycles. The van der Waals surface area contributed by atoms with E-state index in [2.05, 4.69) is 14.9 Å². The molecule has 1 fully saturated rings. The molecule has 1 saturated carbocycles. The smallest absolute Gasteiger partial charge is 0.396 e. The molecule has 0 unspecified atom stereocenters. The van der Waals surface area contributed by atoms with E-state index >= 15 is 0 Å². The van der Waals surface area contributed by atoms with E-state index in [4.69, 9.17) is 4.74 Å². The van der Waals surface area contributed by atoms with Gasteiger partial charge < -0.3 is 29.1 Å². The third-order valence-corrected chi connectivity index (χ3v) is 6.44. The van der Waals surface area contributed by atoms with E-state index in [9.17, 15) is 27.9 Å². The zero-order chi connectivity index (χ0) is 25.9. The summed E-state index contributed by atoms with van der Waals surface area (Å²) in [4.78, 5) is 32.6. The number of aliphatic hydroxyl groups excluding tert-OH is 1. The van der Waals surface area contributed by atoms with Crippen LogP contribution in [-0.2, 0) is 22.3 Å². The maximum absolute atomic E-state index is 13.1. The van der Waals surface area contributed by atoms with Crippen molar-refractivity contribution in [3.63, 3.8) is 0 Å². The number of ether oxygens (including phenoxy) is 1. The first kappa shape index (κ1) is 25.6. The molecule has 0 spiro atoms. The van der Waals surface area contributed by atoms with E-state index in [0.717, 1.165) is 42.5 Å². The molecule has 11 heteroatoms. The number of H-pyrrole nitrogens is 1. The number of aromatic amines is 1. The van der Waals surface area contributed by atoms with E-state index in [1.165, 1.54) is 12.1 Å². The van der Waals surface area contributed by atoms with Crippen molar-refractivity contribution in [1.29, 1.82) is 0 Å². The number of nitrogens with zero attached hydrogens (tertiary/aromatic N) is 3. The van der Waals surface area contributed by atoms with Crippen LogP contribution in [0.5, 0.6) is 0 Å². The van der Waals surface area contributed by atoms with Crippen molar-refractivity contribution >= 4 is 28.9 Å².